The van der Waals surface area contributed by atoms with E-state index in [1.807, 2.05) is 18.7 Å². The first-order valence-electron chi connectivity index (χ1n) is 6.47. The Kier molecular flexibility index (Phi) is 3.87. The molecule has 0 saturated carbocycles. The summed E-state index contributed by atoms with van der Waals surface area (Å²) in [5, 5.41) is 8.96. The Labute approximate surface area is 112 Å². The van der Waals surface area contributed by atoms with Crippen LogP contribution in [0.4, 0.5) is 5.95 Å². The number of carboxylic acids is 1. The van der Waals surface area contributed by atoms with Gasteiger partial charge in [0, 0.05) is 30.8 Å². The van der Waals surface area contributed by atoms with Crippen LogP contribution in [0.15, 0.2) is 6.07 Å². The largest absolute Gasteiger partial charge is 0.481 e. The molecule has 104 valence electrons. The first-order chi connectivity index (χ1) is 9.01. The van der Waals surface area contributed by atoms with Crippen molar-refractivity contribution in [3.63, 3.8) is 0 Å². The minimum absolute atomic E-state index is 0.164. The van der Waals surface area contributed by atoms with Gasteiger partial charge in [-0.25, -0.2) is 4.98 Å². The third-order valence-electron chi connectivity index (χ3n) is 3.40. The Hall–Kier alpha value is -1.85. The van der Waals surface area contributed by atoms with E-state index in [0.29, 0.717) is 31.5 Å². The fraction of sp³-hybridized carbons (Fsp3) is 0.615. The third-order valence-corrected chi connectivity index (χ3v) is 3.40. The first kappa shape index (κ1) is 13.6. The molecule has 1 aliphatic rings. The van der Waals surface area contributed by atoms with E-state index in [1.54, 1.807) is 13.0 Å². The van der Waals surface area contributed by atoms with Crippen LogP contribution in [-0.4, -0.2) is 40.7 Å². The number of nitrogens with zero attached hydrogens (tertiary/aromatic N) is 3. The number of carboxylic acid groups (broad SMARTS) is 1. The second-order valence-corrected chi connectivity index (χ2v) is 4.87. The summed E-state index contributed by atoms with van der Waals surface area (Å²) in [5.74, 6) is 0.284. The maximum Gasteiger partial charge on any atom is 0.306 e. The molecule has 0 spiro atoms. The van der Waals surface area contributed by atoms with Crippen molar-refractivity contribution >= 4 is 11.9 Å². The summed E-state index contributed by atoms with van der Waals surface area (Å²) in [6, 6.07) is 1.80. The summed E-state index contributed by atoms with van der Waals surface area (Å²) in [5.41, 5.74) is 0.850. The van der Waals surface area contributed by atoms with Crippen molar-refractivity contribution < 1.29 is 14.6 Å². The zero-order valence-corrected chi connectivity index (χ0v) is 11.5. The van der Waals surface area contributed by atoms with E-state index in [0.717, 1.165) is 5.69 Å². The van der Waals surface area contributed by atoms with Crippen molar-refractivity contribution in [2.24, 2.45) is 11.8 Å². The Balaban J connectivity index is 2.03. The molecule has 0 aliphatic carbocycles. The van der Waals surface area contributed by atoms with Crippen LogP contribution in [0.1, 0.15) is 19.5 Å². The van der Waals surface area contributed by atoms with Crippen molar-refractivity contribution in [2.45, 2.75) is 20.8 Å². The van der Waals surface area contributed by atoms with E-state index in [9.17, 15) is 4.79 Å². The van der Waals surface area contributed by atoms with Crippen LogP contribution in [0.5, 0.6) is 5.88 Å². The molecule has 19 heavy (non-hydrogen) atoms. The van der Waals surface area contributed by atoms with E-state index >= 15 is 0 Å². The third kappa shape index (κ3) is 2.94. The predicted molar refractivity (Wildman–Crippen MR) is 70.4 cm³/mol. The molecule has 1 aliphatic heterocycles. The van der Waals surface area contributed by atoms with Gasteiger partial charge in [-0.1, -0.05) is 6.92 Å². The molecular formula is C13H19N3O3. The molecule has 1 saturated heterocycles. The zero-order valence-electron chi connectivity index (χ0n) is 11.5. The Morgan fingerprint density at radius 3 is 2.84 bits per heavy atom. The predicted octanol–water partition coefficient (Wildman–Crippen LogP) is 1.34. The summed E-state index contributed by atoms with van der Waals surface area (Å²) >= 11 is 0. The number of hydrogen-bond donors (Lipinski definition) is 1. The van der Waals surface area contributed by atoms with Crippen LogP contribution in [0.25, 0.3) is 0 Å². The monoisotopic (exact) mass is 265 g/mol. The Morgan fingerprint density at radius 1 is 1.58 bits per heavy atom. The summed E-state index contributed by atoms with van der Waals surface area (Å²) < 4.78 is 5.39. The van der Waals surface area contributed by atoms with Gasteiger partial charge in [0.2, 0.25) is 11.8 Å². The van der Waals surface area contributed by atoms with Gasteiger partial charge in [-0.2, -0.15) is 4.98 Å². The molecule has 0 aromatic carbocycles. The van der Waals surface area contributed by atoms with Gasteiger partial charge in [-0.05, 0) is 13.8 Å². The zero-order chi connectivity index (χ0) is 14.0. The molecule has 1 atom stereocenters. The van der Waals surface area contributed by atoms with E-state index in [1.165, 1.54) is 0 Å². The van der Waals surface area contributed by atoms with Crippen molar-refractivity contribution in [3.05, 3.63) is 11.8 Å². The average Bonchev–Trinajstić information content (AvgIpc) is 2.26. The molecule has 0 radical (unpaired) electrons. The first-order valence-corrected chi connectivity index (χ1v) is 6.47. The van der Waals surface area contributed by atoms with E-state index < -0.39 is 5.97 Å². The quantitative estimate of drug-likeness (QED) is 0.866. The lowest BCUT2D eigenvalue weighted by Crippen LogP contribution is -2.51. The molecular weight excluding hydrogens is 246 g/mol. The molecule has 1 fully saturated rings. The summed E-state index contributed by atoms with van der Waals surface area (Å²) in [6.45, 7) is 7.47. The van der Waals surface area contributed by atoms with Crippen LogP contribution < -0.4 is 9.64 Å². The molecule has 0 bridgehead atoms. The van der Waals surface area contributed by atoms with Crippen LogP contribution >= 0.6 is 0 Å². The standard InChI is InChI=1S/C13H19N3O3/c1-4-19-11-5-8(2)14-13(15-11)16-6-10(7-16)9(3)12(17)18/h5,9-10H,4,6-7H2,1-3H3,(H,17,18). The number of ether oxygens (including phenoxy) is 1. The number of carbonyl (C=O) groups is 1. The number of aliphatic carboxylic acids is 1. The van der Waals surface area contributed by atoms with Crippen molar-refractivity contribution in [1.82, 2.24) is 9.97 Å². The fourth-order valence-electron chi connectivity index (χ4n) is 2.08. The molecule has 1 unspecified atom stereocenters. The number of anilines is 1. The van der Waals surface area contributed by atoms with E-state index in [4.69, 9.17) is 9.84 Å². The molecule has 0 amide bonds. The van der Waals surface area contributed by atoms with Gasteiger partial charge in [0.15, 0.2) is 0 Å². The second-order valence-electron chi connectivity index (χ2n) is 4.87. The fourth-order valence-corrected chi connectivity index (χ4v) is 2.08. The molecule has 6 heteroatoms. The molecule has 1 aromatic rings. The van der Waals surface area contributed by atoms with Crippen LogP contribution in [0.2, 0.25) is 0 Å². The van der Waals surface area contributed by atoms with Gasteiger partial charge in [0.25, 0.3) is 0 Å². The molecule has 2 rings (SSSR count). The summed E-state index contributed by atoms with van der Waals surface area (Å²) in [7, 11) is 0. The lowest BCUT2D eigenvalue weighted by Gasteiger charge is -2.41. The maximum atomic E-state index is 10.9. The Bertz CT molecular complexity index is 472. The minimum Gasteiger partial charge on any atom is -0.481 e. The lowest BCUT2D eigenvalue weighted by atomic mass is 9.87. The average molecular weight is 265 g/mol. The highest BCUT2D eigenvalue weighted by Gasteiger charge is 2.36. The van der Waals surface area contributed by atoms with Crippen molar-refractivity contribution in [1.29, 1.82) is 0 Å². The number of aryl methyl sites for hydroxylation is 1. The SMILES string of the molecule is CCOc1cc(C)nc(N2CC(C(C)C(=O)O)C2)n1. The van der Waals surface area contributed by atoms with E-state index in [-0.39, 0.29) is 11.8 Å². The van der Waals surface area contributed by atoms with Gasteiger partial charge < -0.3 is 14.7 Å². The number of aromatic nitrogens is 2. The van der Waals surface area contributed by atoms with Crippen LogP contribution in [0, 0.1) is 18.8 Å². The van der Waals surface area contributed by atoms with Gasteiger partial charge in [0.1, 0.15) is 0 Å². The highest BCUT2D eigenvalue weighted by Crippen LogP contribution is 2.28. The van der Waals surface area contributed by atoms with Crippen molar-refractivity contribution in [2.75, 3.05) is 24.6 Å². The van der Waals surface area contributed by atoms with Crippen molar-refractivity contribution in [3.8, 4) is 5.88 Å². The lowest BCUT2D eigenvalue weighted by molar-refractivity contribution is -0.143. The van der Waals surface area contributed by atoms with Crippen LogP contribution in [-0.2, 0) is 4.79 Å². The Morgan fingerprint density at radius 2 is 2.26 bits per heavy atom. The van der Waals surface area contributed by atoms with Crippen LogP contribution in [0.3, 0.4) is 0 Å². The molecule has 1 aromatic heterocycles. The highest BCUT2D eigenvalue weighted by molar-refractivity contribution is 5.70. The molecule has 1 N–H and O–H groups in total. The summed E-state index contributed by atoms with van der Waals surface area (Å²) in [4.78, 5) is 21.6. The van der Waals surface area contributed by atoms with Gasteiger partial charge in [0.05, 0.1) is 12.5 Å². The smallest absolute Gasteiger partial charge is 0.306 e. The highest BCUT2D eigenvalue weighted by atomic mass is 16.5. The minimum atomic E-state index is -0.746. The second kappa shape index (κ2) is 5.42. The van der Waals surface area contributed by atoms with Gasteiger partial charge in [-0.3, -0.25) is 4.79 Å². The normalized spacial score (nSPS) is 16.9. The summed E-state index contributed by atoms with van der Waals surface area (Å²) in [6.07, 6.45) is 0. The molecule has 2 heterocycles. The molecule has 6 nitrogen and oxygen atoms in total. The van der Waals surface area contributed by atoms with E-state index in [2.05, 4.69) is 9.97 Å². The van der Waals surface area contributed by atoms with Gasteiger partial charge >= 0.3 is 5.97 Å². The number of rotatable bonds is 5. The maximum absolute atomic E-state index is 10.9. The van der Waals surface area contributed by atoms with Gasteiger partial charge in [-0.15, -0.1) is 0 Å². The topological polar surface area (TPSA) is 75.5 Å². The number of hydrogen-bond acceptors (Lipinski definition) is 5.